The van der Waals surface area contributed by atoms with Crippen LogP contribution in [0.15, 0.2) is 85.5 Å². The number of rotatable bonds is 7. The Kier molecular flexibility index (Phi) is 6.67. The molecule has 5 heterocycles. The summed E-state index contributed by atoms with van der Waals surface area (Å²) in [4.78, 5) is 20.3. The number of hydrogen-bond acceptors (Lipinski definition) is 8. The molecule has 4 aromatic heterocycles. The van der Waals surface area contributed by atoms with Crippen molar-refractivity contribution in [2.75, 3.05) is 42.1 Å². The van der Waals surface area contributed by atoms with Gasteiger partial charge in [0.2, 0.25) is 16.0 Å². The first kappa shape index (κ1) is 25.0. The zero-order valence-electron chi connectivity index (χ0n) is 21.5. The highest BCUT2D eigenvalue weighted by molar-refractivity contribution is 7.89. The zero-order valence-corrected chi connectivity index (χ0v) is 22.3. The second-order valence-electron chi connectivity index (χ2n) is 9.24. The molecule has 6 rings (SSSR count). The van der Waals surface area contributed by atoms with Crippen molar-refractivity contribution in [1.82, 2.24) is 28.6 Å². The lowest BCUT2D eigenvalue weighted by atomic mass is 10.1. The fourth-order valence-corrected chi connectivity index (χ4v) is 5.77. The van der Waals surface area contributed by atoms with Crippen LogP contribution in [0, 0.1) is 0 Å². The third-order valence-corrected chi connectivity index (χ3v) is 8.74. The molecule has 10 nitrogen and oxygen atoms in total. The Morgan fingerprint density at radius 2 is 1.67 bits per heavy atom. The van der Waals surface area contributed by atoms with Crippen LogP contribution in [0.2, 0.25) is 0 Å². The Morgan fingerprint density at radius 3 is 2.41 bits per heavy atom. The average Bonchev–Trinajstić information content (AvgIpc) is 3.42. The molecule has 5 aromatic rings. The van der Waals surface area contributed by atoms with Gasteiger partial charge in [-0.15, -0.1) is 0 Å². The van der Waals surface area contributed by atoms with E-state index in [1.54, 1.807) is 23.6 Å². The topological polar surface area (TPSA) is 109 Å². The Morgan fingerprint density at radius 1 is 0.846 bits per heavy atom. The van der Waals surface area contributed by atoms with Gasteiger partial charge in [0, 0.05) is 38.6 Å². The van der Waals surface area contributed by atoms with Crippen LogP contribution in [0.3, 0.4) is 0 Å². The fourth-order valence-electron chi connectivity index (χ4n) is 4.69. The van der Waals surface area contributed by atoms with E-state index in [2.05, 4.69) is 49.6 Å². The molecule has 198 valence electrons. The average molecular weight is 541 g/mol. The third-order valence-electron chi connectivity index (χ3n) is 6.86. The van der Waals surface area contributed by atoms with Crippen LogP contribution in [0.5, 0.6) is 0 Å². The summed E-state index contributed by atoms with van der Waals surface area (Å²) in [6, 6.07) is 20.0. The molecule has 1 aliphatic heterocycles. The fraction of sp³-hybridized carbons (Fsp3) is 0.214. The highest BCUT2D eigenvalue weighted by atomic mass is 32.2. The molecule has 39 heavy (non-hydrogen) atoms. The van der Waals surface area contributed by atoms with Crippen molar-refractivity contribution in [3.05, 3.63) is 85.5 Å². The summed E-state index contributed by atoms with van der Waals surface area (Å²) in [6.07, 6.45) is 7.35. The number of aromatic nitrogens is 5. The number of nitrogens with zero attached hydrogens (tertiary/aromatic N) is 7. The highest BCUT2D eigenvalue weighted by Crippen LogP contribution is 2.25. The molecule has 1 saturated heterocycles. The van der Waals surface area contributed by atoms with E-state index >= 15 is 0 Å². The molecule has 1 aliphatic rings. The normalized spacial score (nSPS) is 14.5. The lowest BCUT2D eigenvalue weighted by Gasteiger charge is -2.34. The molecule has 0 unspecified atom stereocenters. The summed E-state index contributed by atoms with van der Waals surface area (Å²) in [5.74, 6) is 1.39. The van der Waals surface area contributed by atoms with E-state index in [0.29, 0.717) is 32.1 Å². The Labute approximate surface area is 227 Å². The number of sulfonamides is 1. The van der Waals surface area contributed by atoms with Gasteiger partial charge in [-0.25, -0.2) is 28.4 Å². The first-order chi connectivity index (χ1) is 19.0. The van der Waals surface area contributed by atoms with E-state index in [1.807, 2.05) is 53.1 Å². The minimum atomic E-state index is -3.16. The number of hydrogen-bond donors (Lipinski definition) is 1. The summed E-state index contributed by atoms with van der Waals surface area (Å²) in [6.45, 7) is 3.82. The molecule has 0 atom stereocenters. The van der Waals surface area contributed by atoms with Gasteiger partial charge in [-0.1, -0.05) is 30.3 Å². The number of imidazole rings is 1. The standard InChI is InChI=1S/C28H28N8O2S/c1-2-39(37,38)35-16-14-34(15-17-35)26-11-9-23(18-30-26)32-28-29-13-12-24(33-28)25-19-31-27-10-8-22(20-36(25)27)21-6-4-3-5-7-21/h3-13,18-20H,2,14-17H2,1H3,(H,29,32,33). The zero-order chi connectivity index (χ0) is 26.8. The van der Waals surface area contributed by atoms with Crippen LogP contribution in [0.25, 0.3) is 28.2 Å². The molecule has 0 aliphatic carbocycles. The van der Waals surface area contributed by atoms with Gasteiger partial charge < -0.3 is 10.2 Å². The van der Waals surface area contributed by atoms with Crippen molar-refractivity contribution >= 4 is 33.1 Å². The first-order valence-electron chi connectivity index (χ1n) is 12.8. The predicted octanol–water partition coefficient (Wildman–Crippen LogP) is 4.07. The van der Waals surface area contributed by atoms with Gasteiger partial charge in [0.05, 0.1) is 35.2 Å². The van der Waals surface area contributed by atoms with Gasteiger partial charge in [-0.2, -0.15) is 4.31 Å². The summed E-state index contributed by atoms with van der Waals surface area (Å²) < 4.78 is 27.8. The number of benzene rings is 1. The van der Waals surface area contributed by atoms with E-state index < -0.39 is 10.0 Å². The Hall–Kier alpha value is -4.35. The maximum atomic E-state index is 12.1. The van der Waals surface area contributed by atoms with E-state index in [1.165, 1.54) is 0 Å². The van der Waals surface area contributed by atoms with Crippen LogP contribution >= 0.6 is 0 Å². The van der Waals surface area contributed by atoms with E-state index in [0.717, 1.165) is 39.7 Å². The molecule has 11 heteroatoms. The van der Waals surface area contributed by atoms with Crippen LogP contribution in [0.4, 0.5) is 17.5 Å². The molecular formula is C28H28N8O2S. The second kappa shape index (κ2) is 10.4. The lowest BCUT2D eigenvalue weighted by molar-refractivity contribution is 0.384. The van der Waals surface area contributed by atoms with Crippen LogP contribution in [-0.4, -0.2) is 69.0 Å². The molecule has 0 saturated carbocycles. The maximum Gasteiger partial charge on any atom is 0.227 e. The van der Waals surface area contributed by atoms with Crippen LogP contribution < -0.4 is 10.2 Å². The van der Waals surface area contributed by atoms with Crippen molar-refractivity contribution in [2.24, 2.45) is 0 Å². The maximum absolute atomic E-state index is 12.1. The number of piperazine rings is 1. The summed E-state index contributed by atoms with van der Waals surface area (Å²) in [7, 11) is -3.16. The van der Waals surface area contributed by atoms with Crippen molar-refractivity contribution in [1.29, 1.82) is 0 Å². The molecule has 1 fully saturated rings. The Bertz CT molecular complexity index is 1700. The monoisotopic (exact) mass is 540 g/mol. The van der Waals surface area contributed by atoms with Crippen LogP contribution in [0.1, 0.15) is 6.92 Å². The SMILES string of the molecule is CCS(=O)(=O)N1CCN(c2ccc(Nc3nccc(-c4cnc5ccc(-c6ccccc6)cn45)n3)cn2)CC1. The molecule has 0 bridgehead atoms. The molecular weight excluding hydrogens is 512 g/mol. The second-order valence-corrected chi connectivity index (χ2v) is 11.5. The third kappa shape index (κ3) is 5.18. The minimum Gasteiger partial charge on any atom is -0.354 e. The predicted molar refractivity (Wildman–Crippen MR) is 152 cm³/mol. The van der Waals surface area contributed by atoms with E-state index in [-0.39, 0.29) is 5.75 Å². The van der Waals surface area contributed by atoms with Crippen molar-refractivity contribution < 1.29 is 8.42 Å². The van der Waals surface area contributed by atoms with Gasteiger partial charge in [-0.3, -0.25) is 4.40 Å². The largest absolute Gasteiger partial charge is 0.354 e. The minimum absolute atomic E-state index is 0.126. The van der Waals surface area contributed by atoms with E-state index in [9.17, 15) is 8.42 Å². The number of anilines is 3. The summed E-state index contributed by atoms with van der Waals surface area (Å²) in [5.41, 5.74) is 5.43. The first-order valence-corrected chi connectivity index (χ1v) is 14.4. The van der Waals surface area contributed by atoms with Gasteiger partial charge in [0.25, 0.3) is 0 Å². The molecule has 0 spiro atoms. The van der Waals surface area contributed by atoms with Crippen molar-refractivity contribution in [2.45, 2.75) is 6.92 Å². The number of pyridine rings is 2. The van der Waals surface area contributed by atoms with Gasteiger partial charge in [0.1, 0.15) is 11.5 Å². The Balaban J connectivity index is 1.18. The summed E-state index contributed by atoms with van der Waals surface area (Å²) in [5, 5.41) is 3.24. The molecule has 0 amide bonds. The van der Waals surface area contributed by atoms with Gasteiger partial charge in [0.15, 0.2) is 0 Å². The number of nitrogens with one attached hydrogen (secondary N) is 1. The van der Waals surface area contributed by atoms with Crippen LogP contribution in [-0.2, 0) is 10.0 Å². The van der Waals surface area contributed by atoms with Gasteiger partial charge >= 0.3 is 0 Å². The smallest absolute Gasteiger partial charge is 0.227 e. The highest BCUT2D eigenvalue weighted by Gasteiger charge is 2.25. The van der Waals surface area contributed by atoms with Gasteiger partial charge in [-0.05, 0) is 48.4 Å². The number of fused-ring (bicyclic) bond motifs is 1. The molecule has 1 N–H and O–H groups in total. The quantitative estimate of drug-likeness (QED) is 0.329. The van der Waals surface area contributed by atoms with Crippen molar-refractivity contribution in [3.8, 4) is 22.5 Å². The lowest BCUT2D eigenvalue weighted by Crippen LogP contribution is -2.49. The van der Waals surface area contributed by atoms with E-state index in [4.69, 9.17) is 4.98 Å². The summed E-state index contributed by atoms with van der Waals surface area (Å²) >= 11 is 0. The van der Waals surface area contributed by atoms with Crippen molar-refractivity contribution in [3.63, 3.8) is 0 Å². The molecule has 0 radical (unpaired) electrons. The molecule has 1 aromatic carbocycles.